The minimum atomic E-state index is 0.932. The molecule has 0 spiro atoms. The first-order valence-corrected chi connectivity index (χ1v) is 5.36. The highest BCUT2D eigenvalue weighted by molar-refractivity contribution is 9.09. The molecule has 0 heterocycles. The lowest BCUT2D eigenvalue weighted by atomic mass is 9.95. The third-order valence-corrected chi connectivity index (χ3v) is 5.43. The summed E-state index contributed by atoms with van der Waals surface area (Å²) in [6, 6.07) is 0. The average molecular weight is 201 g/mol. The van der Waals surface area contributed by atoms with Crippen LogP contribution in [0.4, 0.5) is 0 Å². The first-order valence-electron chi connectivity index (χ1n) is 4.45. The van der Waals surface area contributed by atoms with Gasteiger partial charge in [0.05, 0.1) is 0 Å². The summed E-state index contributed by atoms with van der Waals surface area (Å²) in [5.41, 5.74) is 0. The normalized spacial score (nSPS) is 70.2. The molecule has 3 saturated carbocycles. The summed E-state index contributed by atoms with van der Waals surface area (Å²) >= 11 is 3.77. The standard InChI is InChI=1S/C9H13Br/c1-4-5-2-3-6(4)8-7(5)9(8)10/h4-9H,2-3H2,1H3. The fraction of sp³-hybridized carbons (Fsp3) is 1.00. The van der Waals surface area contributed by atoms with E-state index in [0.29, 0.717) is 0 Å². The molecule has 1 heteroatoms. The summed E-state index contributed by atoms with van der Waals surface area (Å²) in [7, 11) is 0. The third kappa shape index (κ3) is 0.479. The summed E-state index contributed by atoms with van der Waals surface area (Å²) in [5.74, 6) is 5.50. The molecule has 0 aromatic rings. The Bertz CT molecular complexity index is 160. The van der Waals surface area contributed by atoms with Crippen molar-refractivity contribution < 1.29 is 0 Å². The highest BCUT2D eigenvalue weighted by Crippen LogP contribution is 2.70. The van der Waals surface area contributed by atoms with E-state index in [9.17, 15) is 0 Å². The van der Waals surface area contributed by atoms with Crippen molar-refractivity contribution in [3.63, 3.8) is 0 Å². The average Bonchev–Trinajstić information content (AvgIpc) is 2.34. The molecule has 4 unspecified atom stereocenters. The van der Waals surface area contributed by atoms with E-state index in [4.69, 9.17) is 0 Å². The van der Waals surface area contributed by atoms with Crippen molar-refractivity contribution in [3.8, 4) is 0 Å². The van der Waals surface area contributed by atoms with Gasteiger partial charge in [0.2, 0.25) is 0 Å². The Hall–Kier alpha value is 0.480. The molecular formula is C9H13Br. The molecule has 3 aliphatic rings. The largest absolute Gasteiger partial charge is 0.0884 e. The van der Waals surface area contributed by atoms with Crippen molar-refractivity contribution in [2.45, 2.75) is 24.6 Å². The highest BCUT2D eigenvalue weighted by atomic mass is 79.9. The fourth-order valence-corrected chi connectivity index (χ4v) is 4.99. The van der Waals surface area contributed by atoms with Gasteiger partial charge in [0.15, 0.2) is 0 Å². The first-order chi connectivity index (χ1) is 4.80. The number of rotatable bonds is 0. The van der Waals surface area contributed by atoms with E-state index in [1.807, 2.05) is 0 Å². The van der Waals surface area contributed by atoms with Crippen molar-refractivity contribution in [2.75, 3.05) is 0 Å². The predicted octanol–water partition coefficient (Wildman–Crippen LogP) is 2.67. The van der Waals surface area contributed by atoms with Crippen LogP contribution in [0.1, 0.15) is 19.8 Å². The molecule has 4 atom stereocenters. The van der Waals surface area contributed by atoms with Gasteiger partial charge in [-0.05, 0) is 42.4 Å². The molecule has 0 amide bonds. The summed E-state index contributed by atoms with van der Waals surface area (Å²) in [5, 5.41) is 0. The molecule has 0 aromatic carbocycles. The lowest BCUT2D eigenvalue weighted by Crippen LogP contribution is -2.09. The number of hydrogen-bond acceptors (Lipinski definition) is 0. The van der Waals surface area contributed by atoms with Crippen molar-refractivity contribution in [1.29, 1.82) is 0 Å². The van der Waals surface area contributed by atoms with E-state index in [1.165, 1.54) is 12.8 Å². The minimum Gasteiger partial charge on any atom is -0.0884 e. The molecular weight excluding hydrogens is 188 g/mol. The van der Waals surface area contributed by atoms with Gasteiger partial charge in [0.1, 0.15) is 0 Å². The van der Waals surface area contributed by atoms with Crippen molar-refractivity contribution in [1.82, 2.24) is 0 Å². The molecule has 0 saturated heterocycles. The van der Waals surface area contributed by atoms with Crippen molar-refractivity contribution >= 4 is 15.9 Å². The maximum absolute atomic E-state index is 3.77. The van der Waals surface area contributed by atoms with Crippen LogP contribution < -0.4 is 0 Å². The minimum absolute atomic E-state index is 0.932. The van der Waals surface area contributed by atoms with Crippen LogP contribution in [0.3, 0.4) is 0 Å². The van der Waals surface area contributed by atoms with Crippen LogP contribution in [0.15, 0.2) is 0 Å². The Morgan fingerprint density at radius 1 is 1.10 bits per heavy atom. The van der Waals surface area contributed by atoms with Gasteiger partial charge in [0.25, 0.3) is 0 Å². The second-order valence-electron chi connectivity index (χ2n) is 4.36. The molecule has 2 bridgehead atoms. The molecule has 56 valence electrons. The van der Waals surface area contributed by atoms with Gasteiger partial charge in [-0.15, -0.1) is 0 Å². The van der Waals surface area contributed by atoms with Crippen LogP contribution in [-0.4, -0.2) is 4.83 Å². The number of halogens is 1. The molecule has 3 aliphatic carbocycles. The predicted molar refractivity (Wildman–Crippen MR) is 45.1 cm³/mol. The molecule has 10 heavy (non-hydrogen) atoms. The fourth-order valence-electron chi connectivity index (χ4n) is 3.68. The van der Waals surface area contributed by atoms with Crippen LogP contribution in [0, 0.1) is 29.6 Å². The van der Waals surface area contributed by atoms with E-state index in [2.05, 4.69) is 22.9 Å². The molecule has 3 rings (SSSR count). The quantitative estimate of drug-likeness (QED) is 0.528. The molecule has 0 aliphatic heterocycles. The Kier molecular flexibility index (Phi) is 0.983. The second-order valence-corrected chi connectivity index (χ2v) is 5.42. The Morgan fingerprint density at radius 3 is 2.00 bits per heavy atom. The number of alkyl halides is 1. The molecule has 0 aromatic heterocycles. The van der Waals surface area contributed by atoms with Crippen LogP contribution in [0.25, 0.3) is 0 Å². The highest BCUT2D eigenvalue weighted by Gasteiger charge is 2.66. The molecule has 0 radical (unpaired) electrons. The SMILES string of the molecule is CC1C2CCC1C1C(Br)C21. The van der Waals surface area contributed by atoms with Gasteiger partial charge in [-0.3, -0.25) is 0 Å². The molecule has 0 nitrogen and oxygen atoms in total. The second kappa shape index (κ2) is 1.63. The van der Waals surface area contributed by atoms with Crippen molar-refractivity contribution in [2.24, 2.45) is 29.6 Å². The van der Waals surface area contributed by atoms with Crippen LogP contribution in [0.2, 0.25) is 0 Å². The van der Waals surface area contributed by atoms with E-state index >= 15 is 0 Å². The zero-order chi connectivity index (χ0) is 6.88. The van der Waals surface area contributed by atoms with E-state index in [-0.39, 0.29) is 0 Å². The number of hydrogen-bond donors (Lipinski definition) is 0. The summed E-state index contributed by atoms with van der Waals surface area (Å²) in [6.07, 6.45) is 3.07. The maximum atomic E-state index is 3.77. The Morgan fingerprint density at radius 2 is 1.60 bits per heavy atom. The first kappa shape index (κ1) is 6.05. The monoisotopic (exact) mass is 200 g/mol. The zero-order valence-corrected chi connectivity index (χ0v) is 7.84. The van der Waals surface area contributed by atoms with E-state index in [1.54, 1.807) is 0 Å². The van der Waals surface area contributed by atoms with Gasteiger partial charge in [-0.2, -0.15) is 0 Å². The summed E-state index contributed by atoms with van der Waals surface area (Å²) < 4.78 is 0. The van der Waals surface area contributed by atoms with Crippen molar-refractivity contribution in [3.05, 3.63) is 0 Å². The van der Waals surface area contributed by atoms with E-state index in [0.717, 1.165) is 34.4 Å². The maximum Gasteiger partial charge on any atom is 0.0214 e. The van der Waals surface area contributed by atoms with Gasteiger partial charge in [0, 0.05) is 4.83 Å². The molecule has 3 fully saturated rings. The van der Waals surface area contributed by atoms with E-state index < -0.39 is 0 Å². The van der Waals surface area contributed by atoms with Gasteiger partial charge < -0.3 is 0 Å². The van der Waals surface area contributed by atoms with Gasteiger partial charge in [-0.25, -0.2) is 0 Å². The summed E-state index contributed by atoms with van der Waals surface area (Å²) in [4.78, 5) is 0.932. The van der Waals surface area contributed by atoms with Crippen LogP contribution in [-0.2, 0) is 0 Å². The third-order valence-electron chi connectivity index (χ3n) is 4.21. The number of fused-ring (bicyclic) bond motifs is 5. The van der Waals surface area contributed by atoms with Crippen LogP contribution in [0.5, 0.6) is 0 Å². The topological polar surface area (TPSA) is 0 Å². The van der Waals surface area contributed by atoms with Gasteiger partial charge >= 0.3 is 0 Å². The summed E-state index contributed by atoms with van der Waals surface area (Å²) in [6.45, 7) is 2.47. The van der Waals surface area contributed by atoms with Gasteiger partial charge in [-0.1, -0.05) is 22.9 Å². The Balaban J connectivity index is 1.95. The molecule has 0 N–H and O–H groups in total. The Labute approximate surface area is 70.5 Å². The smallest absolute Gasteiger partial charge is 0.0214 e. The van der Waals surface area contributed by atoms with Crippen LogP contribution >= 0.6 is 15.9 Å². The lowest BCUT2D eigenvalue weighted by molar-refractivity contribution is 0.383. The zero-order valence-electron chi connectivity index (χ0n) is 6.26. The lowest BCUT2D eigenvalue weighted by Gasteiger charge is -2.13.